The molecule has 1 aliphatic rings. The highest BCUT2D eigenvalue weighted by Crippen LogP contribution is 2.39. The number of hydrogen-bond donors (Lipinski definition) is 1. The van der Waals surface area contributed by atoms with E-state index in [9.17, 15) is 0 Å². The fraction of sp³-hybridized carbons (Fsp3) is 0.188. The number of nitrogens with zero attached hydrogens (tertiary/aromatic N) is 2. The zero-order valence-corrected chi connectivity index (χ0v) is 16.2. The van der Waals surface area contributed by atoms with Gasteiger partial charge in [-0.05, 0) is 35.9 Å². The Bertz CT molecular complexity index is 719. The average molecular weight is 436 g/mol. The molecular formula is C16H15BrCl3N3. The Labute approximate surface area is 160 Å². The first-order valence-electron chi connectivity index (χ1n) is 6.83. The molecule has 23 heavy (non-hydrogen) atoms. The van der Waals surface area contributed by atoms with E-state index in [0.717, 1.165) is 22.4 Å². The SMILES string of the molecule is CNC1=NN(c2ccc(Cl)cc2Cl)C(c2ccc(Br)cc2)C1.Cl. The fourth-order valence-corrected chi connectivity index (χ4v) is 3.25. The first-order valence-corrected chi connectivity index (χ1v) is 8.38. The lowest BCUT2D eigenvalue weighted by Crippen LogP contribution is -2.19. The van der Waals surface area contributed by atoms with Crippen molar-refractivity contribution in [1.82, 2.24) is 5.32 Å². The van der Waals surface area contributed by atoms with Crippen LogP contribution in [0.25, 0.3) is 0 Å². The summed E-state index contributed by atoms with van der Waals surface area (Å²) in [4.78, 5) is 0. The van der Waals surface area contributed by atoms with Gasteiger partial charge in [-0.15, -0.1) is 12.4 Å². The summed E-state index contributed by atoms with van der Waals surface area (Å²) in [5.41, 5.74) is 2.03. The molecule has 0 fully saturated rings. The molecule has 7 heteroatoms. The van der Waals surface area contributed by atoms with E-state index in [2.05, 4.69) is 38.5 Å². The van der Waals surface area contributed by atoms with Crippen molar-refractivity contribution in [2.75, 3.05) is 12.1 Å². The van der Waals surface area contributed by atoms with E-state index in [1.807, 2.05) is 36.3 Å². The molecule has 0 spiro atoms. The first-order chi connectivity index (χ1) is 10.6. The summed E-state index contributed by atoms with van der Waals surface area (Å²) in [6.45, 7) is 0. The van der Waals surface area contributed by atoms with Gasteiger partial charge in [-0.25, -0.2) is 0 Å². The van der Waals surface area contributed by atoms with Gasteiger partial charge in [-0.2, -0.15) is 5.10 Å². The van der Waals surface area contributed by atoms with Crippen LogP contribution in [0.15, 0.2) is 52.0 Å². The van der Waals surface area contributed by atoms with Crippen LogP contribution in [0.2, 0.25) is 10.0 Å². The fourth-order valence-electron chi connectivity index (χ4n) is 2.50. The minimum absolute atomic E-state index is 0. The van der Waals surface area contributed by atoms with E-state index in [1.165, 1.54) is 5.56 Å². The molecule has 0 saturated carbocycles. The molecule has 3 rings (SSSR count). The summed E-state index contributed by atoms with van der Waals surface area (Å²) < 4.78 is 1.06. The number of benzene rings is 2. The average Bonchev–Trinajstić information content (AvgIpc) is 2.92. The quantitative estimate of drug-likeness (QED) is 0.659. The van der Waals surface area contributed by atoms with Crippen LogP contribution in [0.1, 0.15) is 18.0 Å². The van der Waals surface area contributed by atoms with Gasteiger partial charge in [-0.1, -0.05) is 51.3 Å². The molecule has 1 atom stereocenters. The van der Waals surface area contributed by atoms with Gasteiger partial charge < -0.3 is 5.32 Å². The highest BCUT2D eigenvalue weighted by Gasteiger charge is 2.30. The Morgan fingerprint density at radius 3 is 2.48 bits per heavy atom. The largest absolute Gasteiger partial charge is 0.375 e. The number of amidine groups is 1. The summed E-state index contributed by atoms with van der Waals surface area (Å²) in [5.74, 6) is 0.930. The predicted molar refractivity (Wildman–Crippen MR) is 104 cm³/mol. The lowest BCUT2D eigenvalue weighted by atomic mass is 10.0. The lowest BCUT2D eigenvalue weighted by molar-refractivity contribution is 0.707. The van der Waals surface area contributed by atoms with Gasteiger partial charge in [-0.3, -0.25) is 5.01 Å². The Balaban J connectivity index is 0.00000192. The van der Waals surface area contributed by atoms with Crippen molar-refractivity contribution in [1.29, 1.82) is 0 Å². The zero-order valence-electron chi connectivity index (χ0n) is 12.3. The molecule has 0 radical (unpaired) electrons. The standard InChI is InChI=1S/C16H14BrCl2N3.ClH/c1-20-16-9-15(10-2-4-11(17)5-3-10)22(21-16)14-7-6-12(18)8-13(14)19;/h2-8,15H,9H2,1H3,(H,20,21);1H. The third-order valence-electron chi connectivity index (χ3n) is 3.61. The van der Waals surface area contributed by atoms with Crippen LogP contribution in [0, 0.1) is 0 Å². The van der Waals surface area contributed by atoms with E-state index in [4.69, 9.17) is 23.2 Å². The third-order valence-corrected chi connectivity index (χ3v) is 4.68. The number of nitrogens with one attached hydrogen (secondary N) is 1. The van der Waals surface area contributed by atoms with Crippen LogP contribution >= 0.6 is 51.5 Å². The highest BCUT2D eigenvalue weighted by atomic mass is 79.9. The number of hydrazone groups is 1. The Hall–Kier alpha value is -0.940. The van der Waals surface area contributed by atoms with Gasteiger partial charge in [0.25, 0.3) is 0 Å². The molecule has 0 aliphatic carbocycles. The summed E-state index contributed by atoms with van der Waals surface area (Å²) in [5, 5.41) is 10.9. The van der Waals surface area contributed by atoms with Crippen LogP contribution in [0.3, 0.4) is 0 Å². The highest BCUT2D eigenvalue weighted by molar-refractivity contribution is 9.10. The van der Waals surface area contributed by atoms with E-state index >= 15 is 0 Å². The summed E-state index contributed by atoms with van der Waals surface area (Å²) in [6.07, 6.45) is 0.803. The second kappa shape index (κ2) is 7.75. The van der Waals surface area contributed by atoms with Crippen LogP contribution in [0.4, 0.5) is 5.69 Å². The maximum Gasteiger partial charge on any atom is 0.125 e. The number of halogens is 4. The van der Waals surface area contributed by atoms with Crippen molar-refractivity contribution in [3.8, 4) is 0 Å². The van der Waals surface area contributed by atoms with E-state index in [1.54, 1.807) is 6.07 Å². The molecular weight excluding hydrogens is 420 g/mol. The van der Waals surface area contributed by atoms with Gasteiger partial charge >= 0.3 is 0 Å². The van der Waals surface area contributed by atoms with Crippen LogP contribution in [0.5, 0.6) is 0 Å². The monoisotopic (exact) mass is 433 g/mol. The molecule has 0 bridgehead atoms. The first kappa shape index (κ1) is 18.4. The van der Waals surface area contributed by atoms with Crippen LogP contribution in [-0.2, 0) is 0 Å². The molecule has 122 valence electrons. The van der Waals surface area contributed by atoms with Crippen LogP contribution < -0.4 is 10.3 Å². The van der Waals surface area contributed by atoms with E-state index in [0.29, 0.717) is 10.0 Å². The normalized spacial score (nSPS) is 16.8. The summed E-state index contributed by atoms with van der Waals surface area (Å²) >= 11 is 15.8. The number of rotatable bonds is 2. The van der Waals surface area contributed by atoms with E-state index in [-0.39, 0.29) is 18.4 Å². The molecule has 2 aromatic rings. The molecule has 0 saturated heterocycles. The summed E-state index contributed by atoms with van der Waals surface area (Å²) in [7, 11) is 1.88. The molecule has 1 unspecified atom stereocenters. The Kier molecular flexibility index (Phi) is 6.20. The van der Waals surface area contributed by atoms with Gasteiger partial charge in [0.2, 0.25) is 0 Å². The van der Waals surface area contributed by atoms with Crippen LogP contribution in [-0.4, -0.2) is 12.9 Å². The smallest absolute Gasteiger partial charge is 0.125 e. The van der Waals surface area contributed by atoms with Gasteiger partial charge in [0, 0.05) is 23.0 Å². The Morgan fingerprint density at radius 2 is 1.87 bits per heavy atom. The molecule has 2 aromatic carbocycles. The van der Waals surface area contributed by atoms with Gasteiger partial charge in [0.15, 0.2) is 0 Å². The minimum atomic E-state index is 0. The maximum atomic E-state index is 6.36. The van der Waals surface area contributed by atoms with Crippen molar-refractivity contribution in [3.05, 3.63) is 62.5 Å². The second-order valence-electron chi connectivity index (χ2n) is 5.01. The van der Waals surface area contributed by atoms with Gasteiger partial charge in [0.05, 0.1) is 16.8 Å². The predicted octanol–water partition coefficient (Wildman–Crippen LogP) is 5.66. The number of anilines is 1. The topological polar surface area (TPSA) is 27.6 Å². The van der Waals surface area contributed by atoms with Crippen molar-refractivity contribution in [3.63, 3.8) is 0 Å². The molecule has 0 aromatic heterocycles. The third kappa shape index (κ3) is 3.94. The number of hydrogen-bond acceptors (Lipinski definition) is 3. The molecule has 3 nitrogen and oxygen atoms in total. The molecule has 1 heterocycles. The minimum Gasteiger partial charge on any atom is -0.375 e. The maximum absolute atomic E-state index is 6.36. The molecule has 1 N–H and O–H groups in total. The Morgan fingerprint density at radius 1 is 1.17 bits per heavy atom. The van der Waals surface area contributed by atoms with Crippen molar-refractivity contribution in [2.24, 2.45) is 5.10 Å². The van der Waals surface area contributed by atoms with Crippen molar-refractivity contribution >= 4 is 63.1 Å². The lowest BCUT2D eigenvalue weighted by Gasteiger charge is -2.24. The zero-order chi connectivity index (χ0) is 15.7. The van der Waals surface area contributed by atoms with Crippen molar-refractivity contribution in [2.45, 2.75) is 12.5 Å². The van der Waals surface area contributed by atoms with Gasteiger partial charge in [0.1, 0.15) is 5.84 Å². The van der Waals surface area contributed by atoms with E-state index < -0.39 is 0 Å². The van der Waals surface area contributed by atoms with Crippen molar-refractivity contribution < 1.29 is 0 Å². The second-order valence-corrected chi connectivity index (χ2v) is 6.77. The summed E-state index contributed by atoms with van der Waals surface area (Å²) in [6, 6.07) is 13.8. The molecule has 1 aliphatic heterocycles. The molecule has 0 amide bonds.